The van der Waals surface area contributed by atoms with Crippen molar-refractivity contribution in [3.8, 4) is 0 Å². The van der Waals surface area contributed by atoms with Crippen LogP contribution < -0.4 is 0 Å². The number of hydrogen-bond acceptors (Lipinski definition) is 2. The zero-order valence-corrected chi connectivity index (χ0v) is 11.8. The Bertz CT molecular complexity index is 608. The van der Waals surface area contributed by atoms with Crippen molar-refractivity contribution in [1.29, 1.82) is 0 Å². The van der Waals surface area contributed by atoms with Crippen LogP contribution in [0.2, 0.25) is 0 Å². The Balaban J connectivity index is 1.92. The van der Waals surface area contributed by atoms with E-state index >= 15 is 0 Å². The maximum atomic E-state index is 13.1. The molecule has 0 bridgehead atoms. The second-order valence-electron chi connectivity index (χ2n) is 4.53. The minimum absolute atomic E-state index is 0.0213. The summed E-state index contributed by atoms with van der Waals surface area (Å²) < 4.78 is 25.9. The normalized spacial score (nSPS) is 10.6. The SMILES string of the molecule is Cc1ccc(F)cc1CC(=O)CSc1ccc(F)cc1. The zero-order valence-electron chi connectivity index (χ0n) is 11.0. The van der Waals surface area contributed by atoms with Crippen LogP contribution in [0.3, 0.4) is 0 Å². The van der Waals surface area contributed by atoms with Crippen LogP contribution in [0.5, 0.6) is 0 Å². The first-order chi connectivity index (χ1) is 9.54. The van der Waals surface area contributed by atoms with Gasteiger partial charge < -0.3 is 0 Å². The second kappa shape index (κ2) is 6.66. The summed E-state index contributed by atoms with van der Waals surface area (Å²) in [4.78, 5) is 12.7. The van der Waals surface area contributed by atoms with Crippen LogP contribution in [-0.2, 0) is 11.2 Å². The van der Waals surface area contributed by atoms with Crippen molar-refractivity contribution >= 4 is 17.5 Å². The molecular formula is C16H14F2OS. The molecule has 1 nitrogen and oxygen atoms in total. The first-order valence-electron chi connectivity index (χ1n) is 6.19. The van der Waals surface area contributed by atoms with Crippen molar-refractivity contribution in [2.24, 2.45) is 0 Å². The van der Waals surface area contributed by atoms with Gasteiger partial charge in [0.1, 0.15) is 17.4 Å². The fourth-order valence-corrected chi connectivity index (χ4v) is 2.55. The van der Waals surface area contributed by atoms with Crippen LogP contribution in [-0.4, -0.2) is 11.5 Å². The highest BCUT2D eigenvalue weighted by atomic mass is 32.2. The number of halogens is 2. The number of hydrogen-bond donors (Lipinski definition) is 0. The summed E-state index contributed by atoms with van der Waals surface area (Å²) in [5, 5.41) is 0. The molecule has 2 aromatic rings. The molecule has 0 aromatic heterocycles. The Morgan fingerprint density at radius 3 is 2.40 bits per heavy atom. The molecule has 0 N–H and O–H groups in total. The summed E-state index contributed by atoms with van der Waals surface area (Å²) >= 11 is 1.36. The van der Waals surface area contributed by atoms with E-state index in [1.165, 1.54) is 36.0 Å². The summed E-state index contributed by atoms with van der Waals surface area (Å²) in [5.41, 5.74) is 1.63. The molecule has 0 unspecified atom stereocenters. The van der Waals surface area contributed by atoms with Gasteiger partial charge in [-0.2, -0.15) is 0 Å². The standard InChI is InChI=1S/C16H14F2OS/c1-11-2-3-14(18)8-12(11)9-15(19)10-20-16-6-4-13(17)5-7-16/h2-8H,9-10H2,1H3. The third-order valence-electron chi connectivity index (χ3n) is 2.91. The van der Waals surface area contributed by atoms with Gasteiger partial charge in [0.05, 0.1) is 5.75 Å². The monoisotopic (exact) mass is 292 g/mol. The second-order valence-corrected chi connectivity index (χ2v) is 5.58. The highest BCUT2D eigenvalue weighted by Gasteiger charge is 2.08. The Kier molecular flexibility index (Phi) is 4.90. The van der Waals surface area contributed by atoms with Crippen molar-refractivity contribution in [2.45, 2.75) is 18.2 Å². The van der Waals surface area contributed by atoms with E-state index < -0.39 is 0 Å². The lowest BCUT2D eigenvalue weighted by Crippen LogP contribution is -2.07. The maximum Gasteiger partial charge on any atom is 0.147 e. The summed E-state index contributed by atoms with van der Waals surface area (Å²) in [5.74, 6) is -0.310. The molecule has 0 saturated carbocycles. The number of rotatable bonds is 5. The number of thioether (sulfide) groups is 1. The van der Waals surface area contributed by atoms with Gasteiger partial charge in [-0.1, -0.05) is 6.07 Å². The first-order valence-corrected chi connectivity index (χ1v) is 7.18. The highest BCUT2D eigenvalue weighted by molar-refractivity contribution is 8.00. The van der Waals surface area contributed by atoms with Crippen molar-refractivity contribution in [3.05, 3.63) is 65.2 Å². The number of ketones is 1. The lowest BCUT2D eigenvalue weighted by atomic mass is 10.0. The van der Waals surface area contributed by atoms with E-state index in [1.54, 1.807) is 18.2 Å². The molecule has 4 heteroatoms. The van der Waals surface area contributed by atoms with Crippen molar-refractivity contribution in [1.82, 2.24) is 0 Å². The maximum absolute atomic E-state index is 13.1. The van der Waals surface area contributed by atoms with Crippen LogP contribution in [0, 0.1) is 18.6 Å². The van der Waals surface area contributed by atoms with Gasteiger partial charge in [0.25, 0.3) is 0 Å². The van der Waals surface area contributed by atoms with Gasteiger partial charge in [0.2, 0.25) is 0 Å². The molecule has 0 amide bonds. The molecule has 104 valence electrons. The molecule has 2 aromatic carbocycles. The van der Waals surface area contributed by atoms with Gasteiger partial charge in [-0.3, -0.25) is 4.79 Å². The van der Waals surface area contributed by atoms with Crippen LogP contribution in [0.15, 0.2) is 47.4 Å². The number of benzene rings is 2. The molecule has 0 saturated heterocycles. The quantitative estimate of drug-likeness (QED) is 0.769. The van der Waals surface area contributed by atoms with Gasteiger partial charge in [-0.05, 0) is 54.4 Å². The van der Waals surface area contributed by atoms with Crippen LogP contribution in [0.1, 0.15) is 11.1 Å². The number of carbonyl (C=O) groups is 1. The van der Waals surface area contributed by atoms with Crippen molar-refractivity contribution in [2.75, 3.05) is 5.75 Å². The van der Waals surface area contributed by atoms with E-state index in [4.69, 9.17) is 0 Å². The van der Waals surface area contributed by atoms with Gasteiger partial charge in [-0.15, -0.1) is 11.8 Å². The van der Waals surface area contributed by atoms with E-state index in [2.05, 4.69) is 0 Å². The van der Waals surface area contributed by atoms with E-state index in [0.29, 0.717) is 5.75 Å². The van der Waals surface area contributed by atoms with Gasteiger partial charge in [0, 0.05) is 11.3 Å². The average molecular weight is 292 g/mol. The largest absolute Gasteiger partial charge is 0.298 e. The topological polar surface area (TPSA) is 17.1 Å². The summed E-state index contributed by atoms with van der Waals surface area (Å²) in [6, 6.07) is 10.5. The third-order valence-corrected chi connectivity index (χ3v) is 3.98. The fraction of sp³-hybridized carbons (Fsp3) is 0.188. The van der Waals surface area contributed by atoms with Gasteiger partial charge in [-0.25, -0.2) is 8.78 Å². The molecule has 2 rings (SSSR count). The number of aryl methyl sites for hydroxylation is 1. The number of carbonyl (C=O) groups excluding carboxylic acids is 1. The lowest BCUT2D eigenvalue weighted by molar-refractivity contribution is -0.116. The Morgan fingerprint density at radius 1 is 1.05 bits per heavy atom. The molecule has 0 atom stereocenters. The van der Waals surface area contributed by atoms with E-state index in [1.807, 2.05) is 6.92 Å². The van der Waals surface area contributed by atoms with Crippen molar-refractivity contribution < 1.29 is 13.6 Å². The van der Waals surface area contributed by atoms with E-state index in [9.17, 15) is 13.6 Å². The molecule has 0 aliphatic heterocycles. The minimum atomic E-state index is -0.329. The third kappa shape index (κ3) is 4.17. The molecule has 0 heterocycles. The van der Waals surface area contributed by atoms with Gasteiger partial charge >= 0.3 is 0 Å². The number of Topliss-reactive ketones (excluding diaryl/α,β-unsaturated/α-hetero) is 1. The first kappa shape index (κ1) is 14.7. The Morgan fingerprint density at radius 2 is 1.70 bits per heavy atom. The molecule has 0 spiro atoms. The Hall–Kier alpha value is -1.68. The molecule has 0 radical (unpaired) electrons. The van der Waals surface area contributed by atoms with Gasteiger partial charge in [0.15, 0.2) is 0 Å². The highest BCUT2D eigenvalue weighted by Crippen LogP contribution is 2.19. The summed E-state index contributed by atoms with van der Waals surface area (Å²) in [7, 11) is 0. The lowest BCUT2D eigenvalue weighted by Gasteiger charge is -2.05. The van der Waals surface area contributed by atoms with E-state index in [0.717, 1.165) is 16.0 Å². The molecular weight excluding hydrogens is 278 g/mol. The van der Waals surface area contributed by atoms with Crippen LogP contribution in [0.25, 0.3) is 0 Å². The van der Waals surface area contributed by atoms with E-state index in [-0.39, 0.29) is 23.8 Å². The smallest absolute Gasteiger partial charge is 0.147 e. The zero-order chi connectivity index (χ0) is 14.5. The van der Waals surface area contributed by atoms with Crippen LogP contribution >= 0.6 is 11.8 Å². The minimum Gasteiger partial charge on any atom is -0.298 e. The predicted octanol–water partition coefficient (Wildman–Crippen LogP) is 4.18. The van der Waals surface area contributed by atoms with Crippen molar-refractivity contribution in [3.63, 3.8) is 0 Å². The molecule has 20 heavy (non-hydrogen) atoms. The predicted molar refractivity (Wildman–Crippen MR) is 77.0 cm³/mol. The fourth-order valence-electron chi connectivity index (χ4n) is 1.79. The Labute approximate surface area is 121 Å². The average Bonchev–Trinajstić information content (AvgIpc) is 2.42. The molecule has 0 aliphatic rings. The van der Waals surface area contributed by atoms with Crippen LogP contribution in [0.4, 0.5) is 8.78 Å². The molecule has 0 aliphatic carbocycles. The molecule has 0 fully saturated rings. The summed E-state index contributed by atoms with van der Waals surface area (Å²) in [6.45, 7) is 1.86. The summed E-state index contributed by atoms with van der Waals surface area (Å²) in [6.07, 6.45) is 0.220.